The third kappa shape index (κ3) is 2.68. The van der Waals surface area contributed by atoms with Crippen molar-refractivity contribution in [1.82, 2.24) is 5.32 Å². The number of primary amides is 1. The van der Waals surface area contributed by atoms with Crippen molar-refractivity contribution < 1.29 is 9.90 Å². The zero-order valence-electron chi connectivity index (χ0n) is 6.35. The predicted molar refractivity (Wildman–Crippen MR) is 38.5 cm³/mol. The molecule has 4 N–H and O–H groups in total. The van der Waals surface area contributed by atoms with Crippen LogP contribution in [0.5, 0.6) is 0 Å². The molecule has 0 aliphatic rings. The van der Waals surface area contributed by atoms with Crippen LogP contribution in [-0.4, -0.2) is 23.3 Å². The van der Waals surface area contributed by atoms with E-state index in [0.717, 1.165) is 0 Å². The smallest absolute Gasteiger partial charge is 0.312 e. The van der Waals surface area contributed by atoms with E-state index in [1.54, 1.807) is 6.92 Å². The van der Waals surface area contributed by atoms with Gasteiger partial charge in [-0.05, 0) is 13.3 Å². The maximum Gasteiger partial charge on any atom is 0.312 e. The molecule has 4 heteroatoms. The van der Waals surface area contributed by atoms with Gasteiger partial charge in [0, 0.05) is 0 Å². The number of carbonyl (C=O) groups is 1. The first-order chi connectivity index (χ1) is 4.54. The molecule has 0 aromatic rings. The van der Waals surface area contributed by atoms with Crippen molar-refractivity contribution in [3.8, 4) is 0 Å². The van der Waals surface area contributed by atoms with Crippen LogP contribution < -0.4 is 11.1 Å². The molecule has 0 saturated heterocycles. The second-order valence-corrected chi connectivity index (χ2v) is 2.56. The molecule has 0 aliphatic heterocycles. The van der Waals surface area contributed by atoms with E-state index < -0.39 is 11.6 Å². The SMILES string of the molecule is CCC(C)(CO)NC(N)=O. The predicted octanol–water partition coefficient (Wildman–Crippen LogP) is -0.184. The number of amides is 2. The van der Waals surface area contributed by atoms with Crippen molar-refractivity contribution in [2.24, 2.45) is 5.73 Å². The molecule has 0 aromatic heterocycles. The summed E-state index contributed by atoms with van der Waals surface area (Å²) in [7, 11) is 0. The van der Waals surface area contributed by atoms with Gasteiger partial charge in [-0.3, -0.25) is 0 Å². The molecule has 0 aliphatic carbocycles. The largest absolute Gasteiger partial charge is 0.394 e. The summed E-state index contributed by atoms with van der Waals surface area (Å²) in [6.07, 6.45) is 0.659. The number of aliphatic hydroxyl groups excluding tert-OH is 1. The number of hydrogen-bond acceptors (Lipinski definition) is 2. The lowest BCUT2D eigenvalue weighted by molar-refractivity contribution is 0.171. The molecule has 4 nitrogen and oxygen atoms in total. The Morgan fingerprint density at radius 3 is 2.40 bits per heavy atom. The Balaban J connectivity index is 3.92. The Morgan fingerprint density at radius 2 is 2.30 bits per heavy atom. The quantitative estimate of drug-likeness (QED) is 0.516. The van der Waals surface area contributed by atoms with Crippen LogP contribution in [0, 0.1) is 0 Å². The molecule has 0 spiro atoms. The van der Waals surface area contributed by atoms with Gasteiger partial charge in [0.05, 0.1) is 12.1 Å². The topological polar surface area (TPSA) is 75.3 Å². The van der Waals surface area contributed by atoms with Gasteiger partial charge in [0.2, 0.25) is 0 Å². The fourth-order valence-corrected chi connectivity index (χ4v) is 0.537. The molecule has 0 aromatic carbocycles. The molecule has 0 saturated carbocycles. The first-order valence-corrected chi connectivity index (χ1v) is 3.22. The average Bonchev–Trinajstić information content (AvgIpc) is 1.87. The van der Waals surface area contributed by atoms with Crippen molar-refractivity contribution >= 4 is 6.03 Å². The second-order valence-electron chi connectivity index (χ2n) is 2.56. The fraction of sp³-hybridized carbons (Fsp3) is 0.833. The first kappa shape index (κ1) is 9.23. The summed E-state index contributed by atoms with van der Waals surface area (Å²) in [5, 5.41) is 11.2. The maximum absolute atomic E-state index is 10.3. The highest BCUT2D eigenvalue weighted by Crippen LogP contribution is 2.06. The van der Waals surface area contributed by atoms with Crippen LogP contribution in [-0.2, 0) is 0 Å². The lowest BCUT2D eigenvalue weighted by Gasteiger charge is -2.25. The summed E-state index contributed by atoms with van der Waals surface area (Å²) in [5.41, 5.74) is 4.30. The van der Waals surface area contributed by atoms with Crippen molar-refractivity contribution in [2.45, 2.75) is 25.8 Å². The van der Waals surface area contributed by atoms with E-state index in [1.165, 1.54) is 0 Å². The van der Waals surface area contributed by atoms with Gasteiger partial charge in [0.25, 0.3) is 0 Å². The molecule has 60 valence electrons. The third-order valence-corrected chi connectivity index (χ3v) is 1.55. The minimum absolute atomic E-state index is 0.0908. The summed E-state index contributed by atoms with van der Waals surface area (Å²) < 4.78 is 0. The van der Waals surface area contributed by atoms with Crippen LogP contribution >= 0.6 is 0 Å². The van der Waals surface area contributed by atoms with Gasteiger partial charge in [-0.2, -0.15) is 0 Å². The summed E-state index contributed by atoms with van der Waals surface area (Å²) in [5.74, 6) is 0. The maximum atomic E-state index is 10.3. The van der Waals surface area contributed by atoms with Crippen molar-refractivity contribution in [1.29, 1.82) is 0 Å². The van der Waals surface area contributed by atoms with Crippen LogP contribution in [0.2, 0.25) is 0 Å². The Bertz CT molecular complexity index is 121. The summed E-state index contributed by atoms with van der Waals surface area (Å²) in [6, 6.07) is -0.599. The lowest BCUT2D eigenvalue weighted by atomic mass is 10.0. The lowest BCUT2D eigenvalue weighted by Crippen LogP contribution is -2.50. The van der Waals surface area contributed by atoms with Gasteiger partial charge >= 0.3 is 6.03 Å². The number of rotatable bonds is 3. The molecular formula is C6H14N2O2. The molecule has 2 amide bonds. The molecule has 0 radical (unpaired) electrons. The molecular weight excluding hydrogens is 132 g/mol. The van der Waals surface area contributed by atoms with E-state index in [1.807, 2.05) is 6.92 Å². The van der Waals surface area contributed by atoms with E-state index in [-0.39, 0.29) is 6.61 Å². The van der Waals surface area contributed by atoms with Crippen LogP contribution in [0.15, 0.2) is 0 Å². The summed E-state index contributed by atoms with van der Waals surface area (Å²) in [6.45, 7) is 3.51. The Kier molecular flexibility index (Phi) is 3.15. The first-order valence-electron chi connectivity index (χ1n) is 3.22. The van der Waals surface area contributed by atoms with Crippen LogP contribution in [0.25, 0.3) is 0 Å². The summed E-state index contributed by atoms with van der Waals surface area (Å²) in [4.78, 5) is 10.3. The van der Waals surface area contributed by atoms with Gasteiger partial charge in [-0.1, -0.05) is 6.92 Å². The van der Waals surface area contributed by atoms with Crippen LogP contribution in [0.1, 0.15) is 20.3 Å². The van der Waals surface area contributed by atoms with Gasteiger partial charge < -0.3 is 16.2 Å². The Morgan fingerprint density at radius 1 is 1.80 bits per heavy atom. The Labute approximate surface area is 60.4 Å². The van der Waals surface area contributed by atoms with Gasteiger partial charge in [0.1, 0.15) is 0 Å². The monoisotopic (exact) mass is 146 g/mol. The number of hydrogen-bond donors (Lipinski definition) is 3. The van der Waals surface area contributed by atoms with E-state index >= 15 is 0 Å². The molecule has 0 bridgehead atoms. The number of aliphatic hydroxyl groups is 1. The standard InChI is InChI=1S/C6H14N2O2/c1-3-6(2,4-9)8-5(7)10/h9H,3-4H2,1-2H3,(H3,7,8,10). The normalized spacial score (nSPS) is 15.9. The molecule has 0 fully saturated rings. The van der Waals surface area contributed by atoms with E-state index in [2.05, 4.69) is 5.32 Å². The minimum Gasteiger partial charge on any atom is -0.394 e. The van der Waals surface area contributed by atoms with Gasteiger partial charge in [-0.15, -0.1) is 0 Å². The average molecular weight is 146 g/mol. The molecule has 1 atom stereocenters. The molecule has 10 heavy (non-hydrogen) atoms. The van der Waals surface area contributed by atoms with Crippen LogP contribution in [0.4, 0.5) is 4.79 Å². The molecule has 1 unspecified atom stereocenters. The summed E-state index contributed by atoms with van der Waals surface area (Å²) >= 11 is 0. The van der Waals surface area contributed by atoms with E-state index in [9.17, 15) is 4.79 Å². The highest BCUT2D eigenvalue weighted by Gasteiger charge is 2.21. The van der Waals surface area contributed by atoms with E-state index in [4.69, 9.17) is 10.8 Å². The number of nitrogens with one attached hydrogen (secondary N) is 1. The van der Waals surface area contributed by atoms with Crippen LogP contribution in [0.3, 0.4) is 0 Å². The third-order valence-electron chi connectivity index (χ3n) is 1.55. The highest BCUT2D eigenvalue weighted by molar-refractivity contribution is 5.72. The van der Waals surface area contributed by atoms with Crippen molar-refractivity contribution in [2.75, 3.05) is 6.61 Å². The van der Waals surface area contributed by atoms with Gasteiger partial charge in [-0.25, -0.2) is 4.79 Å². The highest BCUT2D eigenvalue weighted by atomic mass is 16.3. The zero-order valence-corrected chi connectivity index (χ0v) is 6.35. The van der Waals surface area contributed by atoms with Gasteiger partial charge in [0.15, 0.2) is 0 Å². The minimum atomic E-state index is -0.599. The van der Waals surface area contributed by atoms with Crippen molar-refractivity contribution in [3.05, 3.63) is 0 Å². The zero-order chi connectivity index (χ0) is 8.20. The fourth-order valence-electron chi connectivity index (χ4n) is 0.537. The van der Waals surface area contributed by atoms with Crippen molar-refractivity contribution in [3.63, 3.8) is 0 Å². The van der Waals surface area contributed by atoms with E-state index in [0.29, 0.717) is 6.42 Å². The molecule has 0 heterocycles. The molecule has 0 rings (SSSR count). The number of carbonyl (C=O) groups excluding carboxylic acids is 1. The Hall–Kier alpha value is -0.770. The second kappa shape index (κ2) is 3.41. The number of urea groups is 1. The number of nitrogens with two attached hydrogens (primary N) is 1.